The predicted molar refractivity (Wildman–Crippen MR) is 118 cm³/mol. The van der Waals surface area contributed by atoms with Crippen LogP contribution in [0.1, 0.15) is 0 Å². The van der Waals surface area contributed by atoms with Gasteiger partial charge in [-0.3, -0.25) is 20.1 Å². The lowest BCUT2D eigenvalue weighted by Gasteiger charge is -2.02. The molecule has 0 unspecified atom stereocenters. The van der Waals surface area contributed by atoms with Crippen LogP contribution in [0.4, 0.5) is 4.39 Å². The molecule has 0 bridgehead atoms. The molecule has 6 aromatic rings. The summed E-state index contributed by atoms with van der Waals surface area (Å²) in [4.78, 5) is 16.3. The van der Waals surface area contributed by atoms with Crippen molar-refractivity contribution in [3.05, 3.63) is 85.3 Å². The van der Waals surface area contributed by atoms with Gasteiger partial charge >= 0.3 is 0 Å². The van der Waals surface area contributed by atoms with E-state index in [0.717, 1.165) is 55.6 Å². The van der Waals surface area contributed by atoms with E-state index in [2.05, 4.69) is 30.1 Å². The Morgan fingerprint density at radius 2 is 1.68 bits per heavy atom. The van der Waals surface area contributed by atoms with E-state index in [0.29, 0.717) is 0 Å². The third-order valence-corrected chi connectivity index (χ3v) is 5.36. The highest BCUT2D eigenvalue weighted by atomic mass is 19.1. The third kappa shape index (κ3) is 2.95. The van der Waals surface area contributed by atoms with Crippen molar-refractivity contribution < 1.29 is 4.39 Å². The number of nitrogens with zero attached hydrogens (tertiary/aromatic N) is 4. The Hall–Kier alpha value is -4.39. The first kappa shape index (κ1) is 17.5. The van der Waals surface area contributed by atoms with Crippen LogP contribution in [0.5, 0.6) is 0 Å². The molecule has 5 aromatic heterocycles. The highest BCUT2D eigenvalue weighted by molar-refractivity contribution is 6.01. The van der Waals surface area contributed by atoms with Gasteiger partial charge < -0.3 is 4.98 Å². The number of nitrogens with one attached hydrogen (secondary N) is 2. The van der Waals surface area contributed by atoms with Gasteiger partial charge in [-0.2, -0.15) is 5.10 Å². The topological polar surface area (TPSA) is 83.1 Å². The van der Waals surface area contributed by atoms with Crippen LogP contribution >= 0.6 is 0 Å². The number of hydrogen-bond donors (Lipinski definition) is 2. The number of hydrogen-bond acceptors (Lipinski definition) is 4. The number of halogens is 1. The lowest BCUT2D eigenvalue weighted by Crippen LogP contribution is -1.84. The standard InChI is InChI=1S/C24H15FN6/c25-16-3-1-2-15(8-16)19-11-27-12-22-17(19)9-21(29-22)24-18-10-20(14-4-6-26-7-5-14)28-13-23(18)30-31-24/h1-13,29H,(H,30,31). The summed E-state index contributed by atoms with van der Waals surface area (Å²) in [5.41, 5.74) is 6.80. The monoisotopic (exact) mass is 406 g/mol. The molecule has 0 saturated heterocycles. The molecule has 0 aliphatic heterocycles. The van der Waals surface area contributed by atoms with E-state index < -0.39 is 0 Å². The number of H-pyrrole nitrogens is 2. The molecule has 0 aliphatic rings. The van der Waals surface area contributed by atoms with Crippen molar-refractivity contribution in [2.75, 3.05) is 0 Å². The second-order valence-electron chi connectivity index (χ2n) is 7.26. The fraction of sp³-hybridized carbons (Fsp3) is 0. The molecule has 0 atom stereocenters. The van der Waals surface area contributed by atoms with E-state index in [-0.39, 0.29) is 5.82 Å². The quantitative estimate of drug-likeness (QED) is 0.414. The third-order valence-electron chi connectivity index (χ3n) is 5.36. The summed E-state index contributed by atoms with van der Waals surface area (Å²) in [6.45, 7) is 0. The number of aromatic nitrogens is 6. The Bertz CT molecular complexity index is 1550. The van der Waals surface area contributed by atoms with Gasteiger partial charge in [-0.15, -0.1) is 0 Å². The Kier molecular flexibility index (Phi) is 3.86. The summed E-state index contributed by atoms with van der Waals surface area (Å²) in [6, 6.07) is 14.4. The second-order valence-corrected chi connectivity index (χ2v) is 7.26. The first-order valence-electron chi connectivity index (χ1n) is 9.74. The number of pyridine rings is 3. The SMILES string of the molecule is Fc1cccc(-c2cncc3[nH]c(-c4n[nH]c5cnc(-c6ccncc6)cc45)cc23)c1. The Balaban J connectivity index is 1.52. The Morgan fingerprint density at radius 3 is 2.55 bits per heavy atom. The van der Waals surface area contributed by atoms with Gasteiger partial charge in [0.25, 0.3) is 0 Å². The summed E-state index contributed by atoms with van der Waals surface area (Å²) in [6.07, 6.45) is 8.79. The van der Waals surface area contributed by atoms with Crippen LogP contribution in [0.25, 0.3) is 55.6 Å². The molecule has 0 spiro atoms. The van der Waals surface area contributed by atoms with Gasteiger partial charge in [0.1, 0.15) is 11.5 Å². The minimum absolute atomic E-state index is 0.278. The summed E-state index contributed by atoms with van der Waals surface area (Å²) in [7, 11) is 0. The largest absolute Gasteiger partial charge is 0.352 e. The summed E-state index contributed by atoms with van der Waals surface area (Å²) in [5.74, 6) is -0.278. The second kappa shape index (κ2) is 6.84. The van der Waals surface area contributed by atoms with Crippen LogP contribution in [0.3, 0.4) is 0 Å². The fourth-order valence-electron chi connectivity index (χ4n) is 3.87. The molecule has 0 aliphatic carbocycles. The highest BCUT2D eigenvalue weighted by Gasteiger charge is 2.15. The molecule has 2 N–H and O–H groups in total. The highest BCUT2D eigenvalue weighted by Crippen LogP contribution is 2.34. The zero-order chi connectivity index (χ0) is 20.8. The summed E-state index contributed by atoms with van der Waals surface area (Å²) in [5, 5.41) is 9.48. The van der Waals surface area contributed by atoms with Gasteiger partial charge in [0.05, 0.1) is 34.8 Å². The van der Waals surface area contributed by atoms with Crippen molar-refractivity contribution in [2.24, 2.45) is 0 Å². The molecule has 6 nitrogen and oxygen atoms in total. The smallest absolute Gasteiger partial charge is 0.123 e. The van der Waals surface area contributed by atoms with Gasteiger partial charge in [0.2, 0.25) is 0 Å². The van der Waals surface area contributed by atoms with Gasteiger partial charge in [0, 0.05) is 40.5 Å². The normalized spacial score (nSPS) is 11.4. The molecule has 0 radical (unpaired) electrons. The maximum atomic E-state index is 13.8. The molecular weight excluding hydrogens is 391 g/mol. The van der Waals surface area contributed by atoms with Gasteiger partial charge in [-0.05, 0) is 42.0 Å². The van der Waals surface area contributed by atoms with Crippen molar-refractivity contribution in [3.8, 4) is 33.8 Å². The zero-order valence-corrected chi connectivity index (χ0v) is 16.2. The van der Waals surface area contributed by atoms with Crippen LogP contribution in [0, 0.1) is 5.82 Å². The molecule has 6 rings (SSSR count). The van der Waals surface area contributed by atoms with Crippen molar-refractivity contribution in [1.29, 1.82) is 0 Å². The molecule has 148 valence electrons. The van der Waals surface area contributed by atoms with E-state index >= 15 is 0 Å². The van der Waals surface area contributed by atoms with Gasteiger partial charge in [-0.1, -0.05) is 12.1 Å². The predicted octanol–water partition coefficient (Wildman–Crippen LogP) is 5.37. The van der Waals surface area contributed by atoms with E-state index in [1.54, 1.807) is 37.1 Å². The Morgan fingerprint density at radius 1 is 0.774 bits per heavy atom. The minimum Gasteiger partial charge on any atom is -0.352 e. The van der Waals surface area contributed by atoms with E-state index in [4.69, 9.17) is 0 Å². The number of aromatic amines is 2. The number of benzene rings is 1. The molecule has 7 heteroatoms. The van der Waals surface area contributed by atoms with Crippen molar-refractivity contribution in [1.82, 2.24) is 30.1 Å². The van der Waals surface area contributed by atoms with E-state index in [9.17, 15) is 4.39 Å². The summed E-state index contributed by atoms with van der Waals surface area (Å²) < 4.78 is 13.8. The maximum Gasteiger partial charge on any atom is 0.123 e. The van der Waals surface area contributed by atoms with Crippen molar-refractivity contribution in [3.63, 3.8) is 0 Å². The van der Waals surface area contributed by atoms with Crippen LogP contribution in [-0.2, 0) is 0 Å². The van der Waals surface area contributed by atoms with E-state index in [1.807, 2.05) is 30.3 Å². The fourth-order valence-corrected chi connectivity index (χ4v) is 3.87. The van der Waals surface area contributed by atoms with Crippen molar-refractivity contribution in [2.45, 2.75) is 0 Å². The van der Waals surface area contributed by atoms with Crippen LogP contribution in [0.15, 0.2) is 79.5 Å². The Labute approximate surface area is 175 Å². The van der Waals surface area contributed by atoms with Gasteiger partial charge in [-0.25, -0.2) is 4.39 Å². The number of fused-ring (bicyclic) bond motifs is 2. The summed E-state index contributed by atoms with van der Waals surface area (Å²) >= 11 is 0. The molecule has 0 fully saturated rings. The first-order valence-corrected chi connectivity index (χ1v) is 9.74. The van der Waals surface area contributed by atoms with E-state index in [1.165, 1.54) is 12.1 Å². The van der Waals surface area contributed by atoms with Crippen LogP contribution in [-0.4, -0.2) is 30.1 Å². The maximum absolute atomic E-state index is 13.8. The van der Waals surface area contributed by atoms with Crippen LogP contribution in [0.2, 0.25) is 0 Å². The lowest BCUT2D eigenvalue weighted by molar-refractivity contribution is 0.628. The van der Waals surface area contributed by atoms with Gasteiger partial charge in [0.15, 0.2) is 0 Å². The first-order chi connectivity index (χ1) is 15.3. The minimum atomic E-state index is -0.278. The molecule has 0 saturated carbocycles. The lowest BCUT2D eigenvalue weighted by atomic mass is 10.0. The molecular formula is C24H15FN6. The number of rotatable bonds is 3. The zero-order valence-electron chi connectivity index (χ0n) is 16.2. The average molecular weight is 406 g/mol. The molecule has 5 heterocycles. The van der Waals surface area contributed by atoms with Crippen LogP contribution < -0.4 is 0 Å². The average Bonchev–Trinajstić information content (AvgIpc) is 3.43. The molecule has 31 heavy (non-hydrogen) atoms. The molecule has 1 aromatic carbocycles. The van der Waals surface area contributed by atoms with Crippen molar-refractivity contribution >= 4 is 21.8 Å². The molecule has 0 amide bonds.